The fraction of sp³-hybridized carbons (Fsp3) is 0.649. The Balaban J connectivity index is 0. The van der Waals surface area contributed by atoms with Crippen molar-refractivity contribution in [1.82, 2.24) is 0 Å². The summed E-state index contributed by atoms with van der Waals surface area (Å²) >= 11 is 0. The van der Waals surface area contributed by atoms with Crippen LogP contribution in [0.15, 0.2) is 71.8 Å². The number of aryl methyl sites for hydroxylation is 2. The molecule has 0 aliphatic rings. The van der Waals surface area contributed by atoms with E-state index in [1.54, 1.807) is 12.2 Å². The Morgan fingerprint density at radius 1 is 0.517 bits per heavy atom. The summed E-state index contributed by atoms with van der Waals surface area (Å²) in [7, 11) is 0. The zero-order valence-corrected chi connectivity index (χ0v) is 41.0. The number of unbranched alkanes of at least 4 members (excludes halogenated alkanes) is 22. The van der Waals surface area contributed by atoms with Crippen LogP contribution in [-0.4, -0.2) is 10.7 Å². The fourth-order valence-electron chi connectivity index (χ4n) is 7.56. The Bertz CT molecular complexity index is 1380. The molecule has 0 radical (unpaired) electrons. The van der Waals surface area contributed by atoms with Crippen LogP contribution in [0.25, 0.3) is 11.1 Å². The molecule has 3 heteroatoms. The summed E-state index contributed by atoms with van der Waals surface area (Å²) < 4.78 is 0. The first-order chi connectivity index (χ1) is 29.0. The van der Waals surface area contributed by atoms with Crippen molar-refractivity contribution in [3.05, 3.63) is 113 Å². The number of benzene rings is 2. The normalized spacial score (nSPS) is 10.8. The minimum Gasteiger partial charge on any atom is -0.518 e. The van der Waals surface area contributed by atoms with Crippen molar-refractivity contribution in [3.8, 4) is 0 Å². The Hall–Kier alpha value is -2.69. The quantitative estimate of drug-likeness (QED) is 0.0128. The van der Waals surface area contributed by atoms with E-state index >= 15 is 0 Å². The Labute approximate surface area is 384 Å². The largest absolute Gasteiger partial charge is 2.00 e. The molecule has 60 heavy (non-hydrogen) atoms. The molecule has 0 aliphatic heterocycles. The van der Waals surface area contributed by atoms with Crippen molar-refractivity contribution in [1.29, 1.82) is 0 Å². The van der Waals surface area contributed by atoms with E-state index in [9.17, 15) is 5.53 Å². The summed E-state index contributed by atoms with van der Waals surface area (Å²) in [6.07, 6.45) is 42.7. The van der Waals surface area contributed by atoms with Crippen LogP contribution in [0.5, 0.6) is 0 Å². The molecule has 0 saturated heterocycles. The monoisotopic (exact) mass is 863 g/mol. The molecule has 340 valence electrons. The van der Waals surface area contributed by atoms with Gasteiger partial charge < -0.3 is 18.7 Å². The second-order valence-corrected chi connectivity index (χ2v) is 16.7. The van der Waals surface area contributed by atoms with Gasteiger partial charge >= 0.3 is 22.4 Å². The third-order valence-corrected chi connectivity index (χ3v) is 11.3. The van der Waals surface area contributed by atoms with E-state index < -0.39 is 0 Å². The zero-order chi connectivity index (χ0) is 43.4. The Kier molecular flexibility index (Phi) is 45.4. The van der Waals surface area contributed by atoms with Crippen molar-refractivity contribution < 1.29 is 21.3 Å². The molecule has 0 saturated carbocycles. The van der Waals surface area contributed by atoms with Gasteiger partial charge in [-0.15, -0.1) is 4.79 Å². The topological polar surface area (TPSA) is 36.4 Å². The molecule has 0 heterocycles. The molecule has 0 aliphatic carbocycles. The van der Waals surface area contributed by atoms with Crippen molar-refractivity contribution >= 4 is 11.4 Å². The van der Waals surface area contributed by atoms with Gasteiger partial charge in [-0.05, 0) is 78.3 Å². The van der Waals surface area contributed by atoms with E-state index in [1.807, 2.05) is 0 Å². The number of allylic oxidation sites excluding steroid dienone is 4. The molecule has 0 atom stereocenters. The molecular formula is C57H92N2Ni. The summed E-state index contributed by atoms with van der Waals surface area (Å²) in [6, 6.07) is 18.1. The van der Waals surface area contributed by atoms with Gasteiger partial charge in [0.2, 0.25) is 0 Å². The van der Waals surface area contributed by atoms with Crippen LogP contribution in [0.2, 0.25) is 0 Å². The van der Waals surface area contributed by atoms with Crippen molar-refractivity contribution in [3.63, 3.8) is 0 Å². The van der Waals surface area contributed by atoms with Crippen LogP contribution in [0, 0.1) is 13.2 Å². The van der Waals surface area contributed by atoms with Gasteiger partial charge in [-0.1, -0.05) is 244 Å². The molecule has 2 rings (SSSR count). The maximum absolute atomic E-state index is 9.52. The summed E-state index contributed by atoms with van der Waals surface area (Å²) in [4.78, 5) is 3.40. The first kappa shape index (κ1) is 59.4. The first-order valence-electron chi connectivity index (χ1n) is 25.0. The van der Waals surface area contributed by atoms with Gasteiger partial charge in [0, 0.05) is 0 Å². The van der Waals surface area contributed by atoms with Crippen LogP contribution in [0.4, 0.5) is 0 Å². The van der Waals surface area contributed by atoms with E-state index in [1.165, 1.54) is 175 Å². The van der Waals surface area contributed by atoms with Gasteiger partial charge in [-0.3, -0.25) is 12.2 Å². The molecule has 0 spiro atoms. The fourth-order valence-corrected chi connectivity index (χ4v) is 7.56. The Morgan fingerprint density at radius 2 is 0.933 bits per heavy atom. The molecule has 0 aromatic heterocycles. The molecule has 0 bridgehead atoms. The number of rotatable bonds is 34. The maximum Gasteiger partial charge on any atom is 2.00 e. The minimum absolute atomic E-state index is 0. The van der Waals surface area contributed by atoms with Gasteiger partial charge in [0.25, 0.3) is 0 Å². The van der Waals surface area contributed by atoms with Crippen LogP contribution >= 0.6 is 0 Å². The molecule has 2 nitrogen and oxygen atoms in total. The zero-order valence-electron chi connectivity index (χ0n) is 40.1. The maximum atomic E-state index is 9.52. The predicted octanol–water partition coefficient (Wildman–Crippen LogP) is 18.8. The van der Waals surface area contributed by atoms with Gasteiger partial charge in [-0.25, -0.2) is 0 Å². The van der Waals surface area contributed by atoms with Gasteiger partial charge in [0.05, 0.1) is 5.57 Å². The van der Waals surface area contributed by atoms with Crippen LogP contribution in [0.3, 0.4) is 0 Å². The van der Waals surface area contributed by atoms with E-state index in [-0.39, 0.29) is 16.5 Å². The van der Waals surface area contributed by atoms with E-state index in [4.69, 9.17) is 13.2 Å². The van der Waals surface area contributed by atoms with Gasteiger partial charge in [0.15, 0.2) is 0 Å². The van der Waals surface area contributed by atoms with Gasteiger partial charge in [-0.2, -0.15) is 0 Å². The van der Waals surface area contributed by atoms with E-state index in [0.717, 1.165) is 63.4 Å². The second kappa shape index (κ2) is 45.8. The average Bonchev–Trinajstić information content (AvgIpc) is 3.26. The third kappa shape index (κ3) is 32.1. The van der Waals surface area contributed by atoms with Gasteiger partial charge in [0.1, 0.15) is 0 Å². The summed E-state index contributed by atoms with van der Waals surface area (Å²) in [5.41, 5.74) is 18.4. The molecule has 0 unspecified atom stereocenters. The van der Waals surface area contributed by atoms with Crippen LogP contribution in [0.1, 0.15) is 250 Å². The van der Waals surface area contributed by atoms with E-state index in [0.29, 0.717) is 0 Å². The second-order valence-electron chi connectivity index (χ2n) is 16.7. The number of nitrogens with zero attached hydrogens (tertiary/aromatic N) is 2. The SMILES string of the molecule is CCCCCCc1cccc(C(=C(CCCCC)C(=C=[N+]=[N-])CCCC)c2cccc(CC)c2)c1.[CH-]=CCCCCCCCCCC.[CH-]=CCCCCCCCCCC.[Ni+2]. The molecule has 2 aromatic rings. The minimum atomic E-state index is 0. The Morgan fingerprint density at radius 3 is 1.38 bits per heavy atom. The van der Waals surface area contributed by atoms with E-state index in [2.05, 4.69) is 101 Å². The van der Waals surface area contributed by atoms with Crippen molar-refractivity contribution in [2.45, 2.75) is 241 Å². The average molecular weight is 864 g/mol. The summed E-state index contributed by atoms with van der Waals surface area (Å²) in [5, 5.41) is 0. The molecule has 0 amide bonds. The first-order valence-corrected chi connectivity index (χ1v) is 25.0. The van der Waals surface area contributed by atoms with Crippen LogP contribution in [-0.2, 0) is 29.3 Å². The van der Waals surface area contributed by atoms with Crippen molar-refractivity contribution in [2.75, 3.05) is 0 Å². The summed E-state index contributed by atoms with van der Waals surface area (Å²) in [5.74, 6) is 3.00. The molecular weight excluding hydrogens is 771 g/mol. The smallest absolute Gasteiger partial charge is 0.518 e. The third-order valence-electron chi connectivity index (χ3n) is 11.3. The number of hydrogen-bond acceptors (Lipinski definition) is 0. The predicted molar refractivity (Wildman–Crippen MR) is 264 cm³/mol. The molecule has 0 fully saturated rings. The van der Waals surface area contributed by atoms with Crippen molar-refractivity contribution in [2.24, 2.45) is 0 Å². The summed E-state index contributed by atoms with van der Waals surface area (Å²) in [6.45, 7) is 24.0. The number of hydrogen-bond donors (Lipinski definition) is 0. The van der Waals surface area contributed by atoms with Crippen LogP contribution < -0.4 is 0 Å². The molecule has 2 aromatic carbocycles. The standard InChI is InChI=1S/C33H46N2.2C12H23.Ni/c1-5-9-12-14-17-28-19-16-22-30(25-28)33(29-21-15-18-27(8-4)24-29)32(23-13-10-6-2)31(26-35-34)20-11-7-3;2*1-3-5-7-9-11-12-10-8-6-4-2;/h15-16,18-19,21-22,24-25H,5-14,17,20,23H2,1-4H3;2*1,3H,4-12H2,2H3;/q;2*-1;+2. The molecule has 0 N–H and O–H groups in total.